The summed E-state index contributed by atoms with van der Waals surface area (Å²) in [6.07, 6.45) is 1.92. The third kappa shape index (κ3) is 3.41. The maximum Gasteiger partial charge on any atom is 0.175 e. The highest BCUT2D eigenvalue weighted by molar-refractivity contribution is 7.98. The van der Waals surface area contributed by atoms with Crippen LogP contribution >= 0.6 is 11.8 Å². The van der Waals surface area contributed by atoms with E-state index < -0.39 is 0 Å². The van der Waals surface area contributed by atoms with E-state index in [9.17, 15) is 0 Å². The van der Waals surface area contributed by atoms with Gasteiger partial charge in [-0.3, -0.25) is 0 Å². The van der Waals surface area contributed by atoms with E-state index in [4.69, 9.17) is 20.4 Å². The van der Waals surface area contributed by atoms with Gasteiger partial charge in [0, 0.05) is 4.90 Å². The molecule has 0 fully saturated rings. The van der Waals surface area contributed by atoms with Crippen LogP contribution in [-0.2, 0) is 0 Å². The van der Waals surface area contributed by atoms with Crippen molar-refractivity contribution in [3.63, 3.8) is 0 Å². The number of methoxy groups -OCH3 is 1. The van der Waals surface area contributed by atoms with Gasteiger partial charge in [0.05, 0.1) is 12.7 Å². The molecule has 0 radical (unpaired) electrons. The normalized spacial score (nSPS) is 11.2. The van der Waals surface area contributed by atoms with Crippen LogP contribution in [0.5, 0.6) is 17.2 Å². The van der Waals surface area contributed by atoms with E-state index in [1.54, 1.807) is 37.4 Å². The molecule has 2 rings (SSSR count). The van der Waals surface area contributed by atoms with Crippen LogP contribution in [0.25, 0.3) is 0 Å². The largest absolute Gasteiger partial charge is 0.497 e. The van der Waals surface area contributed by atoms with E-state index in [-0.39, 0.29) is 5.84 Å². The molecule has 2 aromatic carbocycles. The number of nitrogens with zero attached hydrogens (tertiary/aromatic N) is 1. The molecule has 0 heterocycles. The van der Waals surface area contributed by atoms with Crippen molar-refractivity contribution in [1.29, 1.82) is 0 Å². The van der Waals surface area contributed by atoms with E-state index in [2.05, 4.69) is 5.16 Å². The molecular weight excluding hydrogens is 288 g/mol. The number of oxime groups is 1. The van der Waals surface area contributed by atoms with Gasteiger partial charge in [-0.2, -0.15) is 0 Å². The number of nitrogens with two attached hydrogens (primary N) is 1. The highest BCUT2D eigenvalue weighted by atomic mass is 32.2. The molecule has 0 aliphatic carbocycles. The molecule has 0 amide bonds. The average Bonchev–Trinajstić information content (AvgIpc) is 2.54. The molecule has 0 saturated carbocycles. The Balaban J connectivity index is 2.38. The molecule has 3 N–H and O–H groups in total. The number of amidine groups is 1. The lowest BCUT2D eigenvalue weighted by Gasteiger charge is -2.13. The summed E-state index contributed by atoms with van der Waals surface area (Å²) in [5, 5.41) is 12.0. The van der Waals surface area contributed by atoms with Crippen LogP contribution in [0, 0.1) is 0 Å². The monoisotopic (exact) mass is 304 g/mol. The van der Waals surface area contributed by atoms with Crippen molar-refractivity contribution in [2.24, 2.45) is 10.9 Å². The van der Waals surface area contributed by atoms with E-state index >= 15 is 0 Å². The van der Waals surface area contributed by atoms with Crippen molar-refractivity contribution < 1.29 is 14.7 Å². The zero-order valence-electron chi connectivity index (χ0n) is 11.7. The fourth-order valence-corrected chi connectivity index (χ4v) is 2.46. The van der Waals surface area contributed by atoms with E-state index in [0.717, 1.165) is 10.6 Å². The van der Waals surface area contributed by atoms with Crippen LogP contribution in [0.15, 0.2) is 52.5 Å². The van der Waals surface area contributed by atoms with Crippen LogP contribution in [0.1, 0.15) is 5.56 Å². The van der Waals surface area contributed by atoms with Crippen molar-refractivity contribution in [2.45, 2.75) is 4.90 Å². The summed E-state index contributed by atoms with van der Waals surface area (Å²) in [7, 11) is 1.61. The van der Waals surface area contributed by atoms with Gasteiger partial charge in [-0.25, -0.2) is 0 Å². The molecular formula is C15H16N2O3S. The van der Waals surface area contributed by atoms with Gasteiger partial charge in [-0.1, -0.05) is 11.2 Å². The Morgan fingerprint density at radius 2 is 1.81 bits per heavy atom. The van der Waals surface area contributed by atoms with Gasteiger partial charge in [0.2, 0.25) is 0 Å². The maximum atomic E-state index is 8.95. The van der Waals surface area contributed by atoms with Crippen molar-refractivity contribution >= 4 is 17.6 Å². The summed E-state index contributed by atoms with van der Waals surface area (Å²) in [4.78, 5) is 0.872. The highest BCUT2D eigenvalue weighted by Gasteiger charge is 2.14. The molecule has 110 valence electrons. The Morgan fingerprint density at radius 1 is 1.14 bits per heavy atom. The smallest absolute Gasteiger partial charge is 0.175 e. The first kappa shape index (κ1) is 15.1. The molecule has 0 aromatic heterocycles. The lowest BCUT2D eigenvalue weighted by molar-refractivity contribution is 0.318. The number of hydrogen-bond donors (Lipinski definition) is 2. The van der Waals surface area contributed by atoms with Gasteiger partial charge < -0.3 is 20.4 Å². The second kappa shape index (κ2) is 6.90. The minimum absolute atomic E-state index is 0.0171. The third-order valence-corrected chi connectivity index (χ3v) is 3.64. The summed E-state index contributed by atoms with van der Waals surface area (Å²) in [5.74, 6) is 1.93. The summed E-state index contributed by atoms with van der Waals surface area (Å²) in [6, 6.07) is 12.7. The van der Waals surface area contributed by atoms with E-state index in [1.165, 1.54) is 11.8 Å². The third-order valence-electron chi connectivity index (χ3n) is 2.86. The van der Waals surface area contributed by atoms with Crippen molar-refractivity contribution in [2.75, 3.05) is 13.4 Å². The number of benzene rings is 2. The number of hydrogen-bond acceptors (Lipinski definition) is 5. The SMILES string of the molecule is COc1ccc(Oc2cccc(SC)c2/C(N)=N/O)cc1. The molecule has 0 atom stereocenters. The summed E-state index contributed by atoms with van der Waals surface area (Å²) < 4.78 is 10.9. The molecule has 2 aromatic rings. The molecule has 0 saturated heterocycles. The fourth-order valence-electron chi connectivity index (χ4n) is 1.84. The van der Waals surface area contributed by atoms with Gasteiger partial charge in [0.1, 0.15) is 17.2 Å². The molecule has 5 nitrogen and oxygen atoms in total. The Labute approximate surface area is 127 Å². The van der Waals surface area contributed by atoms with Gasteiger partial charge in [-0.05, 0) is 42.7 Å². The highest BCUT2D eigenvalue weighted by Crippen LogP contribution is 2.32. The summed E-state index contributed by atoms with van der Waals surface area (Å²) in [5.41, 5.74) is 6.33. The van der Waals surface area contributed by atoms with Crippen LogP contribution < -0.4 is 15.2 Å². The first-order valence-electron chi connectivity index (χ1n) is 6.16. The molecule has 6 heteroatoms. The molecule has 21 heavy (non-hydrogen) atoms. The summed E-state index contributed by atoms with van der Waals surface area (Å²) >= 11 is 1.50. The van der Waals surface area contributed by atoms with Crippen LogP contribution in [0.2, 0.25) is 0 Å². The Hall–Kier alpha value is -2.34. The zero-order chi connectivity index (χ0) is 15.2. The maximum absolute atomic E-state index is 8.95. The number of ether oxygens (including phenoxy) is 2. The predicted molar refractivity (Wildman–Crippen MR) is 83.8 cm³/mol. The number of thioether (sulfide) groups is 1. The second-order valence-corrected chi connectivity index (χ2v) is 4.94. The van der Waals surface area contributed by atoms with Gasteiger partial charge in [0.25, 0.3) is 0 Å². The molecule has 0 unspecified atom stereocenters. The predicted octanol–water partition coefficient (Wildman–Crippen LogP) is 3.30. The van der Waals surface area contributed by atoms with Crippen LogP contribution in [0.4, 0.5) is 0 Å². The first-order valence-corrected chi connectivity index (χ1v) is 7.39. The molecule has 0 aliphatic rings. The lowest BCUT2D eigenvalue weighted by atomic mass is 10.2. The van der Waals surface area contributed by atoms with E-state index in [1.807, 2.05) is 18.4 Å². The Morgan fingerprint density at radius 3 is 2.38 bits per heavy atom. The van der Waals surface area contributed by atoms with Crippen molar-refractivity contribution in [3.05, 3.63) is 48.0 Å². The second-order valence-electron chi connectivity index (χ2n) is 4.10. The number of rotatable bonds is 5. The lowest BCUT2D eigenvalue weighted by Crippen LogP contribution is -2.15. The van der Waals surface area contributed by atoms with Gasteiger partial charge in [-0.15, -0.1) is 11.8 Å². The molecule has 0 spiro atoms. The quantitative estimate of drug-likeness (QED) is 0.291. The Bertz CT molecular complexity index is 642. The standard InChI is InChI=1S/C15H16N2O3S/c1-19-10-6-8-11(9-7-10)20-12-4-3-5-13(21-2)14(12)15(16)17-18/h3-9,18H,1-2H3,(H2,16,17). The topological polar surface area (TPSA) is 77.1 Å². The fraction of sp³-hybridized carbons (Fsp3) is 0.133. The van der Waals surface area contributed by atoms with Gasteiger partial charge >= 0.3 is 0 Å². The van der Waals surface area contributed by atoms with Crippen LogP contribution in [-0.4, -0.2) is 24.4 Å². The van der Waals surface area contributed by atoms with E-state index in [0.29, 0.717) is 17.1 Å². The van der Waals surface area contributed by atoms with Crippen molar-refractivity contribution in [1.82, 2.24) is 0 Å². The minimum Gasteiger partial charge on any atom is -0.497 e. The zero-order valence-corrected chi connectivity index (χ0v) is 12.6. The summed E-state index contributed by atoms with van der Waals surface area (Å²) in [6.45, 7) is 0. The van der Waals surface area contributed by atoms with Crippen LogP contribution in [0.3, 0.4) is 0 Å². The first-order chi connectivity index (χ1) is 10.2. The minimum atomic E-state index is 0.0171. The molecule has 0 bridgehead atoms. The van der Waals surface area contributed by atoms with Gasteiger partial charge in [0.15, 0.2) is 5.84 Å². The van der Waals surface area contributed by atoms with Crippen molar-refractivity contribution in [3.8, 4) is 17.2 Å². The average molecular weight is 304 g/mol. The molecule has 0 aliphatic heterocycles. The Kier molecular flexibility index (Phi) is 4.94.